The molecule has 1 atom stereocenters. The summed E-state index contributed by atoms with van der Waals surface area (Å²) >= 11 is 0. The van der Waals surface area contributed by atoms with Gasteiger partial charge in [-0.2, -0.15) is 5.10 Å². The molecule has 0 amide bonds. The van der Waals surface area contributed by atoms with Crippen molar-refractivity contribution < 1.29 is 19.1 Å². The maximum absolute atomic E-state index is 12.2. The van der Waals surface area contributed by atoms with Crippen LogP contribution in [0.3, 0.4) is 0 Å². The van der Waals surface area contributed by atoms with Gasteiger partial charge in [-0.1, -0.05) is 0 Å². The second-order valence-corrected chi connectivity index (χ2v) is 5.29. The average Bonchev–Trinajstić information content (AvgIpc) is 2.87. The number of carbonyl (C=O) groups excluding carboxylic acids is 2. The van der Waals surface area contributed by atoms with Gasteiger partial charge in [0.25, 0.3) is 0 Å². The minimum Gasteiger partial charge on any atom is -0.466 e. The Kier molecular flexibility index (Phi) is 4.44. The number of hydrogen-bond donors (Lipinski definition) is 0. The van der Waals surface area contributed by atoms with Gasteiger partial charge in [-0.05, 0) is 33.8 Å². The summed E-state index contributed by atoms with van der Waals surface area (Å²) in [5, 5.41) is 5.01. The smallest absolute Gasteiger partial charge is 0.346 e. The third-order valence-corrected chi connectivity index (χ3v) is 3.29. The highest BCUT2D eigenvalue weighted by atomic mass is 16.6. The van der Waals surface area contributed by atoms with Gasteiger partial charge in [0.05, 0.1) is 24.6 Å². The molecular weight excluding hydrogens is 286 g/mol. The Bertz CT molecular complexity index is 721. The van der Waals surface area contributed by atoms with Crippen LogP contribution in [0.5, 0.6) is 0 Å². The summed E-state index contributed by atoms with van der Waals surface area (Å²) in [4.78, 5) is 27.9. The van der Waals surface area contributed by atoms with Crippen molar-refractivity contribution in [2.24, 2.45) is 0 Å². The van der Waals surface area contributed by atoms with Gasteiger partial charge in [-0.3, -0.25) is 0 Å². The standard InChI is InChI=1S/C15H19N3O4/c1-8(2)18-13-11(7-16-18)6-12(9(3)17-13)15(20)22-10(4)14(19)21-5/h6-8,10H,1-5H3/t10-/m0/s1. The topological polar surface area (TPSA) is 83.3 Å². The number of aryl methyl sites for hydroxylation is 1. The van der Waals surface area contributed by atoms with Gasteiger partial charge >= 0.3 is 11.9 Å². The molecule has 0 radical (unpaired) electrons. The van der Waals surface area contributed by atoms with Crippen LogP contribution in [-0.2, 0) is 14.3 Å². The molecule has 0 fully saturated rings. The lowest BCUT2D eigenvalue weighted by molar-refractivity contribution is -0.149. The highest BCUT2D eigenvalue weighted by molar-refractivity contribution is 5.95. The predicted octanol–water partition coefficient (Wildman–Crippen LogP) is 2.04. The molecule has 7 nitrogen and oxygen atoms in total. The van der Waals surface area contributed by atoms with E-state index in [1.807, 2.05) is 13.8 Å². The van der Waals surface area contributed by atoms with Crippen LogP contribution >= 0.6 is 0 Å². The third kappa shape index (κ3) is 2.93. The molecule has 0 bridgehead atoms. The van der Waals surface area contributed by atoms with Crippen molar-refractivity contribution in [2.75, 3.05) is 7.11 Å². The fraction of sp³-hybridized carbons (Fsp3) is 0.467. The van der Waals surface area contributed by atoms with E-state index in [2.05, 4.69) is 14.8 Å². The molecule has 0 spiro atoms. The molecule has 0 aliphatic rings. The molecule has 0 N–H and O–H groups in total. The van der Waals surface area contributed by atoms with E-state index in [9.17, 15) is 9.59 Å². The number of ether oxygens (including phenoxy) is 2. The van der Waals surface area contributed by atoms with Crippen LogP contribution in [0.2, 0.25) is 0 Å². The normalized spacial score (nSPS) is 12.5. The molecule has 2 heterocycles. The monoisotopic (exact) mass is 305 g/mol. The predicted molar refractivity (Wildman–Crippen MR) is 79.5 cm³/mol. The molecule has 0 saturated carbocycles. The Hall–Kier alpha value is -2.44. The van der Waals surface area contributed by atoms with E-state index in [0.717, 1.165) is 5.39 Å². The first-order valence-corrected chi connectivity index (χ1v) is 6.98. The number of pyridine rings is 1. The molecule has 0 unspecified atom stereocenters. The van der Waals surface area contributed by atoms with Gasteiger partial charge in [-0.15, -0.1) is 0 Å². The second-order valence-electron chi connectivity index (χ2n) is 5.29. The van der Waals surface area contributed by atoms with Crippen LogP contribution in [0.25, 0.3) is 11.0 Å². The number of esters is 2. The van der Waals surface area contributed by atoms with Crippen molar-refractivity contribution in [3.63, 3.8) is 0 Å². The fourth-order valence-corrected chi connectivity index (χ4v) is 2.09. The van der Waals surface area contributed by atoms with Crippen molar-refractivity contribution in [3.05, 3.63) is 23.5 Å². The van der Waals surface area contributed by atoms with Gasteiger partial charge in [0, 0.05) is 11.4 Å². The molecule has 0 aliphatic carbocycles. The largest absolute Gasteiger partial charge is 0.466 e. The minimum absolute atomic E-state index is 0.168. The first-order valence-electron chi connectivity index (χ1n) is 6.98. The Labute approximate surface area is 128 Å². The molecule has 2 rings (SSSR count). The summed E-state index contributed by atoms with van der Waals surface area (Å²) in [5.41, 5.74) is 1.55. The zero-order valence-electron chi connectivity index (χ0n) is 13.3. The Morgan fingerprint density at radius 2 is 1.95 bits per heavy atom. The zero-order chi connectivity index (χ0) is 16.4. The summed E-state index contributed by atoms with van der Waals surface area (Å²) in [6.07, 6.45) is 0.688. The van der Waals surface area contributed by atoms with E-state index < -0.39 is 18.0 Å². The number of nitrogens with zero attached hydrogens (tertiary/aromatic N) is 3. The van der Waals surface area contributed by atoms with E-state index >= 15 is 0 Å². The van der Waals surface area contributed by atoms with Crippen LogP contribution in [0, 0.1) is 6.92 Å². The molecule has 22 heavy (non-hydrogen) atoms. The molecular formula is C15H19N3O4. The zero-order valence-corrected chi connectivity index (χ0v) is 13.3. The van der Waals surface area contributed by atoms with E-state index in [4.69, 9.17) is 4.74 Å². The molecule has 0 aliphatic heterocycles. The molecule has 0 saturated heterocycles. The highest BCUT2D eigenvalue weighted by Gasteiger charge is 2.22. The summed E-state index contributed by atoms with van der Waals surface area (Å²) in [6, 6.07) is 1.84. The van der Waals surface area contributed by atoms with E-state index in [0.29, 0.717) is 16.9 Å². The quantitative estimate of drug-likeness (QED) is 0.804. The van der Waals surface area contributed by atoms with Crippen molar-refractivity contribution >= 4 is 23.0 Å². The number of hydrogen-bond acceptors (Lipinski definition) is 6. The lowest BCUT2D eigenvalue weighted by Gasteiger charge is -2.12. The Balaban J connectivity index is 2.34. The van der Waals surface area contributed by atoms with Crippen molar-refractivity contribution in [3.8, 4) is 0 Å². The SMILES string of the molecule is COC(=O)[C@H](C)OC(=O)c1cc2cnn(C(C)C)c2nc1C. The average molecular weight is 305 g/mol. The van der Waals surface area contributed by atoms with Crippen molar-refractivity contribution in [2.45, 2.75) is 39.8 Å². The van der Waals surface area contributed by atoms with Crippen molar-refractivity contribution in [1.29, 1.82) is 0 Å². The van der Waals surface area contributed by atoms with Gasteiger partial charge in [0.2, 0.25) is 0 Å². The number of fused-ring (bicyclic) bond motifs is 1. The van der Waals surface area contributed by atoms with Gasteiger partial charge in [-0.25, -0.2) is 19.3 Å². The van der Waals surface area contributed by atoms with Crippen LogP contribution in [0.15, 0.2) is 12.3 Å². The summed E-state index contributed by atoms with van der Waals surface area (Å²) in [6.45, 7) is 7.19. The molecule has 118 valence electrons. The van der Waals surface area contributed by atoms with Gasteiger partial charge in [0.15, 0.2) is 11.8 Å². The van der Waals surface area contributed by atoms with Gasteiger partial charge < -0.3 is 9.47 Å². The molecule has 2 aromatic heterocycles. The summed E-state index contributed by atoms with van der Waals surface area (Å²) < 4.78 is 11.4. The fourth-order valence-electron chi connectivity index (χ4n) is 2.09. The lowest BCUT2D eigenvalue weighted by Crippen LogP contribution is -2.25. The first kappa shape index (κ1) is 15.9. The highest BCUT2D eigenvalue weighted by Crippen LogP contribution is 2.20. The maximum atomic E-state index is 12.2. The number of rotatable bonds is 4. The minimum atomic E-state index is -0.967. The van der Waals surface area contributed by atoms with Crippen LogP contribution in [0.4, 0.5) is 0 Å². The van der Waals surface area contributed by atoms with E-state index in [1.165, 1.54) is 14.0 Å². The van der Waals surface area contributed by atoms with E-state index in [1.54, 1.807) is 23.9 Å². The second kappa shape index (κ2) is 6.13. The maximum Gasteiger partial charge on any atom is 0.346 e. The molecule has 7 heteroatoms. The number of aromatic nitrogens is 3. The van der Waals surface area contributed by atoms with Crippen LogP contribution < -0.4 is 0 Å². The third-order valence-electron chi connectivity index (χ3n) is 3.29. The van der Waals surface area contributed by atoms with E-state index in [-0.39, 0.29) is 6.04 Å². The Morgan fingerprint density at radius 3 is 2.55 bits per heavy atom. The van der Waals surface area contributed by atoms with Gasteiger partial charge in [0.1, 0.15) is 0 Å². The molecule has 0 aromatic carbocycles. The Morgan fingerprint density at radius 1 is 1.27 bits per heavy atom. The van der Waals surface area contributed by atoms with Crippen molar-refractivity contribution in [1.82, 2.24) is 14.8 Å². The number of methoxy groups -OCH3 is 1. The number of carbonyl (C=O) groups is 2. The summed E-state index contributed by atoms with van der Waals surface area (Å²) in [5.74, 6) is -1.21. The molecule has 2 aromatic rings. The lowest BCUT2D eigenvalue weighted by atomic mass is 10.1. The van der Waals surface area contributed by atoms with Crippen LogP contribution in [0.1, 0.15) is 42.9 Å². The summed E-state index contributed by atoms with van der Waals surface area (Å²) in [7, 11) is 1.24. The van der Waals surface area contributed by atoms with Crippen LogP contribution in [-0.4, -0.2) is 39.9 Å². The first-order chi connectivity index (χ1) is 10.3.